The zero-order valence-electron chi connectivity index (χ0n) is 10.8. The Morgan fingerprint density at radius 3 is 2.65 bits per heavy atom. The van der Waals surface area contributed by atoms with Crippen LogP contribution in [0.4, 0.5) is 0 Å². The van der Waals surface area contributed by atoms with E-state index in [0.29, 0.717) is 11.5 Å². The molecule has 0 unspecified atom stereocenters. The second-order valence-corrected chi connectivity index (χ2v) is 5.90. The summed E-state index contributed by atoms with van der Waals surface area (Å²) in [5.74, 6) is 2.27. The molecule has 1 aliphatic carbocycles. The number of ether oxygens (including phenoxy) is 1. The van der Waals surface area contributed by atoms with E-state index in [2.05, 4.69) is 13.8 Å². The van der Waals surface area contributed by atoms with E-state index in [0.717, 1.165) is 24.7 Å². The van der Waals surface area contributed by atoms with Crippen LogP contribution in [0.15, 0.2) is 10.5 Å². The van der Waals surface area contributed by atoms with E-state index in [1.54, 1.807) is 6.92 Å². The molecule has 2 aliphatic rings. The minimum absolute atomic E-state index is 0.00542. The first-order valence-electron chi connectivity index (χ1n) is 6.11. The van der Waals surface area contributed by atoms with Crippen LogP contribution in [-0.2, 0) is 10.2 Å². The maximum Gasteiger partial charge on any atom is 0.163 e. The van der Waals surface area contributed by atoms with Crippen LogP contribution in [0.2, 0.25) is 0 Å². The van der Waals surface area contributed by atoms with E-state index in [9.17, 15) is 4.79 Å². The molecule has 0 radical (unpaired) electrons. The highest BCUT2D eigenvalue weighted by Gasteiger charge is 2.76. The van der Waals surface area contributed by atoms with Gasteiger partial charge in [-0.25, -0.2) is 0 Å². The van der Waals surface area contributed by atoms with Crippen molar-refractivity contribution < 1.29 is 13.9 Å². The van der Waals surface area contributed by atoms with Crippen LogP contribution in [0.5, 0.6) is 0 Å². The monoisotopic (exact) mass is 234 g/mol. The quantitative estimate of drug-likeness (QED) is 0.739. The molecule has 1 aromatic heterocycles. The average molecular weight is 234 g/mol. The van der Waals surface area contributed by atoms with Crippen molar-refractivity contribution in [2.45, 2.75) is 33.1 Å². The van der Waals surface area contributed by atoms with Crippen molar-refractivity contribution in [1.82, 2.24) is 0 Å². The smallest absolute Gasteiger partial charge is 0.163 e. The molecule has 3 rings (SSSR count). The molecule has 3 nitrogen and oxygen atoms in total. The van der Waals surface area contributed by atoms with Crippen LogP contribution in [0.3, 0.4) is 0 Å². The van der Waals surface area contributed by atoms with Crippen LogP contribution < -0.4 is 0 Å². The van der Waals surface area contributed by atoms with E-state index in [-0.39, 0.29) is 16.6 Å². The number of ketones is 1. The van der Waals surface area contributed by atoms with Crippen molar-refractivity contribution in [3.8, 4) is 0 Å². The standard InChI is InChI=1S/C14H18O3/c1-8(15)10-5-12(17-9(10)2)14-7-16-6-11(14)13(14,3)4/h5,11H,6-7H2,1-4H3/t11-,14-/m0/s1. The molecular weight excluding hydrogens is 216 g/mol. The predicted molar refractivity (Wildman–Crippen MR) is 63.2 cm³/mol. The van der Waals surface area contributed by atoms with Gasteiger partial charge in [-0.05, 0) is 25.3 Å². The Morgan fingerprint density at radius 1 is 1.47 bits per heavy atom. The van der Waals surface area contributed by atoms with Crippen LogP contribution in [-0.4, -0.2) is 19.0 Å². The minimum atomic E-state index is 0.00542. The van der Waals surface area contributed by atoms with Gasteiger partial charge in [0.1, 0.15) is 11.5 Å². The molecule has 0 spiro atoms. The molecule has 2 heterocycles. The summed E-state index contributed by atoms with van der Waals surface area (Å²) in [7, 11) is 0. The lowest BCUT2D eigenvalue weighted by molar-refractivity contribution is 0.101. The van der Waals surface area contributed by atoms with Gasteiger partial charge in [0.2, 0.25) is 0 Å². The number of carbonyl (C=O) groups excluding carboxylic acids is 1. The Morgan fingerprint density at radius 2 is 2.18 bits per heavy atom. The maximum atomic E-state index is 11.5. The Kier molecular flexibility index (Phi) is 1.96. The van der Waals surface area contributed by atoms with E-state index < -0.39 is 0 Å². The lowest BCUT2D eigenvalue weighted by Crippen LogP contribution is -2.18. The molecule has 0 aromatic carbocycles. The SMILES string of the molecule is CC(=O)c1cc([C@]23COC[C@H]2C3(C)C)oc1C. The molecule has 1 saturated heterocycles. The van der Waals surface area contributed by atoms with E-state index in [1.807, 2.05) is 13.0 Å². The summed E-state index contributed by atoms with van der Waals surface area (Å²) in [6.45, 7) is 9.48. The van der Waals surface area contributed by atoms with Crippen molar-refractivity contribution in [3.63, 3.8) is 0 Å². The zero-order valence-corrected chi connectivity index (χ0v) is 10.8. The van der Waals surface area contributed by atoms with Gasteiger partial charge < -0.3 is 9.15 Å². The van der Waals surface area contributed by atoms with Crippen LogP contribution in [0.25, 0.3) is 0 Å². The van der Waals surface area contributed by atoms with Crippen molar-refractivity contribution in [3.05, 3.63) is 23.2 Å². The van der Waals surface area contributed by atoms with E-state index in [1.165, 1.54) is 0 Å². The highest BCUT2D eigenvalue weighted by atomic mass is 16.5. The Balaban J connectivity index is 2.06. The van der Waals surface area contributed by atoms with Gasteiger partial charge >= 0.3 is 0 Å². The van der Waals surface area contributed by atoms with Gasteiger partial charge in [0.05, 0.1) is 24.2 Å². The lowest BCUT2D eigenvalue weighted by atomic mass is 9.93. The molecule has 0 N–H and O–H groups in total. The third kappa shape index (κ3) is 1.13. The molecular formula is C14H18O3. The number of Topliss-reactive ketones (excluding diaryl/α,β-unsaturated/α-hetero) is 1. The van der Waals surface area contributed by atoms with Crippen molar-refractivity contribution >= 4 is 5.78 Å². The fraction of sp³-hybridized carbons (Fsp3) is 0.643. The first-order chi connectivity index (χ1) is 7.91. The first-order valence-corrected chi connectivity index (χ1v) is 6.11. The fourth-order valence-corrected chi connectivity index (χ4v) is 3.55. The van der Waals surface area contributed by atoms with Gasteiger partial charge in [0.15, 0.2) is 5.78 Å². The molecule has 1 aromatic rings. The van der Waals surface area contributed by atoms with E-state index in [4.69, 9.17) is 9.15 Å². The molecule has 1 aliphatic heterocycles. The maximum absolute atomic E-state index is 11.5. The van der Waals surface area contributed by atoms with Gasteiger partial charge in [-0.3, -0.25) is 4.79 Å². The Labute approximate surface area is 101 Å². The van der Waals surface area contributed by atoms with Gasteiger partial charge in [-0.2, -0.15) is 0 Å². The number of rotatable bonds is 2. The van der Waals surface area contributed by atoms with Crippen LogP contribution >= 0.6 is 0 Å². The molecule has 92 valence electrons. The Bertz CT molecular complexity index is 498. The Hall–Kier alpha value is -1.09. The van der Waals surface area contributed by atoms with Crippen molar-refractivity contribution in [1.29, 1.82) is 0 Å². The van der Waals surface area contributed by atoms with Gasteiger partial charge in [0, 0.05) is 5.92 Å². The topological polar surface area (TPSA) is 39.4 Å². The molecule has 3 heteroatoms. The normalized spacial score (nSPS) is 33.5. The molecule has 2 atom stereocenters. The largest absolute Gasteiger partial charge is 0.465 e. The summed E-state index contributed by atoms with van der Waals surface area (Å²) in [5.41, 5.74) is 0.942. The second-order valence-electron chi connectivity index (χ2n) is 5.90. The average Bonchev–Trinajstić information content (AvgIpc) is 2.68. The number of carbonyl (C=O) groups is 1. The summed E-state index contributed by atoms with van der Waals surface area (Å²) in [6, 6.07) is 1.92. The summed E-state index contributed by atoms with van der Waals surface area (Å²) in [6.07, 6.45) is 0. The van der Waals surface area contributed by atoms with Gasteiger partial charge in [0.25, 0.3) is 0 Å². The number of furan rings is 1. The molecule has 0 bridgehead atoms. The minimum Gasteiger partial charge on any atom is -0.465 e. The van der Waals surface area contributed by atoms with Crippen LogP contribution in [0.1, 0.15) is 42.6 Å². The fourth-order valence-electron chi connectivity index (χ4n) is 3.55. The first kappa shape index (κ1) is 11.0. The van der Waals surface area contributed by atoms with Crippen LogP contribution in [0, 0.1) is 18.3 Å². The lowest BCUT2D eigenvalue weighted by Gasteiger charge is -2.16. The van der Waals surface area contributed by atoms with E-state index >= 15 is 0 Å². The number of hydrogen-bond acceptors (Lipinski definition) is 3. The van der Waals surface area contributed by atoms with Gasteiger partial charge in [-0.1, -0.05) is 13.8 Å². The number of aryl methyl sites for hydroxylation is 1. The summed E-state index contributed by atoms with van der Waals surface area (Å²) >= 11 is 0. The summed E-state index contributed by atoms with van der Waals surface area (Å²) in [5, 5.41) is 0. The third-order valence-corrected chi connectivity index (χ3v) is 4.88. The highest BCUT2D eigenvalue weighted by molar-refractivity contribution is 5.95. The number of fused-ring (bicyclic) bond motifs is 1. The predicted octanol–water partition coefficient (Wildman–Crippen LogP) is 2.71. The van der Waals surface area contributed by atoms with Crippen molar-refractivity contribution in [2.75, 3.05) is 13.2 Å². The molecule has 2 fully saturated rings. The summed E-state index contributed by atoms with van der Waals surface area (Å²) < 4.78 is 11.4. The number of hydrogen-bond donors (Lipinski definition) is 0. The second kappa shape index (κ2) is 3.02. The summed E-state index contributed by atoms with van der Waals surface area (Å²) in [4.78, 5) is 11.5. The molecule has 0 amide bonds. The van der Waals surface area contributed by atoms with Gasteiger partial charge in [-0.15, -0.1) is 0 Å². The molecule has 1 saturated carbocycles. The highest BCUT2D eigenvalue weighted by Crippen LogP contribution is 2.72. The third-order valence-electron chi connectivity index (χ3n) is 4.88. The molecule has 17 heavy (non-hydrogen) atoms. The zero-order chi connectivity index (χ0) is 12.4. The van der Waals surface area contributed by atoms with Crippen molar-refractivity contribution in [2.24, 2.45) is 11.3 Å².